The number of hydrogen-bond acceptors (Lipinski definition) is 20. The minimum absolute atomic E-state index is 0.000382. The second-order valence-electron chi connectivity index (χ2n) is 22.8. The number of amides is 14. The van der Waals surface area contributed by atoms with E-state index < -0.39 is 205 Å². The average molecular weight is 1380 g/mol. The molecule has 12 atom stereocenters. The van der Waals surface area contributed by atoms with Crippen molar-refractivity contribution in [2.45, 2.75) is 151 Å². The number of benzene rings is 1. The highest BCUT2D eigenvalue weighted by molar-refractivity contribution is 8.76. The molecule has 0 spiro atoms. The van der Waals surface area contributed by atoms with E-state index in [1.54, 1.807) is 30.5 Å². The maximum atomic E-state index is 14.6. The topological polar surface area (TPSA) is 579 Å². The summed E-state index contributed by atoms with van der Waals surface area (Å²) in [6.45, 7) is 1.77. The molecule has 3 saturated heterocycles. The third-order valence-corrected chi connectivity index (χ3v) is 17.8. The van der Waals surface area contributed by atoms with Crippen LogP contribution in [0.25, 0.3) is 10.9 Å². The molecule has 0 aliphatic carbocycles. The van der Waals surface area contributed by atoms with Crippen LogP contribution in [-0.4, -0.2) is 235 Å². The summed E-state index contributed by atoms with van der Waals surface area (Å²) < 4.78 is 0. The van der Waals surface area contributed by atoms with Crippen LogP contribution in [0, 0.1) is 0 Å². The molecule has 22 N–H and O–H groups in total. The van der Waals surface area contributed by atoms with E-state index in [0.29, 0.717) is 16.5 Å². The predicted octanol–water partition coefficient (Wildman–Crippen LogP) is -7.63. The fourth-order valence-corrected chi connectivity index (χ4v) is 12.6. The van der Waals surface area contributed by atoms with Gasteiger partial charge in [-0.1, -0.05) is 39.8 Å². The van der Waals surface area contributed by atoms with Crippen LogP contribution in [0.3, 0.4) is 0 Å². The van der Waals surface area contributed by atoms with Crippen LogP contribution < -0.4 is 81.0 Å². The maximum Gasteiger partial charge on any atom is 0.303 e. The van der Waals surface area contributed by atoms with Gasteiger partial charge in [0.15, 0.2) is 5.96 Å². The van der Waals surface area contributed by atoms with Gasteiger partial charge in [0.1, 0.15) is 72.5 Å². The van der Waals surface area contributed by atoms with Crippen molar-refractivity contribution < 1.29 is 82.1 Å². The number of nitrogens with zero attached hydrogens (tertiary/aromatic N) is 3. The lowest BCUT2D eigenvalue weighted by Gasteiger charge is -2.29. The third-order valence-electron chi connectivity index (χ3n) is 15.4. The molecule has 1 aromatic carbocycles. The van der Waals surface area contributed by atoms with Crippen LogP contribution in [0.1, 0.15) is 77.0 Å². The second-order valence-corrected chi connectivity index (χ2v) is 25.3. The van der Waals surface area contributed by atoms with Crippen LogP contribution in [0.2, 0.25) is 0 Å². The first-order chi connectivity index (χ1) is 45.6. The Hall–Kier alpha value is -10.0. The number of nitrogens with one attached hydrogen (secondary N) is 14. The van der Waals surface area contributed by atoms with Crippen molar-refractivity contribution in [3.8, 4) is 0 Å². The van der Waals surface area contributed by atoms with Gasteiger partial charge in [0, 0.05) is 72.8 Å². The average Bonchev–Trinajstić information content (AvgIpc) is 1.65. The van der Waals surface area contributed by atoms with Gasteiger partial charge in [-0.05, 0) is 64.5 Å². The monoisotopic (exact) mass is 1380 g/mol. The number of hydrogen-bond donors (Lipinski definition) is 19. The lowest BCUT2D eigenvalue weighted by atomic mass is 10.0. The van der Waals surface area contributed by atoms with Gasteiger partial charge in [0.25, 0.3) is 0 Å². The summed E-state index contributed by atoms with van der Waals surface area (Å²) in [6.07, 6.45) is 1.29. The van der Waals surface area contributed by atoms with Crippen molar-refractivity contribution in [1.82, 2.24) is 83.7 Å². The standard InChI is InChI=1S/C57H80N20O17S2/c1-26-45(83)68-28(3)56(94)77-15-7-11-41(77)55(93)76-40-24-96-95-23-39(54(92)71-34(12-13-44(81)82)48(86)74-37(18-42(58)79)51(89)73-36(49(87)66-26)17-30-20-61-25-65-30)69-43(80)21-64-47(85)33(10-6-14-62-57(59)60)70-50(88)35(16-29-19-63-32-9-5-4-8-31(29)32)72-52(90)38(22-78)75-46(84)27(2)67-53(40)91/h4-5,8-9,19-20,25-28,33-41,63,78H,6-7,10-18,21-24H2,1-3H3,(H2,58,79)(H,61,65)(H,64,85)(H,66,87)(H,67,91)(H,68,83)(H,69,80)(H,70,88)(H,71,92)(H,72,90)(H,73,89)(H,74,86)(H,75,84)(H,76,93)(H,81,82)(H4,59,60,62)/t26-,27-,28-,33-,34-,35-,36-,37-,38-,39-,40-,41-/m0/s1. The number of imidazole rings is 1. The summed E-state index contributed by atoms with van der Waals surface area (Å²) in [4.78, 5) is 224. The van der Waals surface area contributed by atoms with E-state index in [-0.39, 0.29) is 63.3 Å². The van der Waals surface area contributed by atoms with Gasteiger partial charge < -0.3 is 106 Å². The smallest absolute Gasteiger partial charge is 0.303 e. The minimum atomic E-state index is -1.93. The predicted molar refractivity (Wildman–Crippen MR) is 343 cm³/mol. The molecule has 2 aromatic heterocycles. The Morgan fingerprint density at radius 1 is 0.615 bits per heavy atom. The number of aliphatic hydroxyl groups excluding tert-OH is 1. The Morgan fingerprint density at radius 2 is 1.17 bits per heavy atom. The normalized spacial score (nSPS) is 26.6. The Bertz CT molecular complexity index is 3400. The first-order valence-electron chi connectivity index (χ1n) is 30.5. The summed E-state index contributed by atoms with van der Waals surface area (Å²) in [7, 11) is 1.61. The number of para-hydroxylation sites is 1. The van der Waals surface area contributed by atoms with Crippen molar-refractivity contribution in [3.63, 3.8) is 0 Å². The summed E-state index contributed by atoms with van der Waals surface area (Å²) in [5.41, 5.74) is 18.0. The van der Waals surface area contributed by atoms with Gasteiger partial charge in [-0.2, -0.15) is 0 Å². The molecule has 14 amide bonds. The molecule has 39 heteroatoms. The van der Waals surface area contributed by atoms with Crippen LogP contribution in [0.4, 0.5) is 0 Å². The highest BCUT2D eigenvalue weighted by Crippen LogP contribution is 2.25. The minimum Gasteiger partial charge on any atom is -0.481 e. The fraction of sp³-hybridized carbons (Fsp3) is 0.526. The number of aliphatic imine (C=N–C) groups is 1. The van der Waals surface area contributed by atoms with E-state index in [0.717, 1.165) is 21.6 Å². The van der Waals surface area contributed by atoms with Crippen LogP contribution in [0.5, 0.6) is 0 Å². The molecule has 3 fully saturated rings. The molecular formula is C57H80N20O17S2. The highest BCUT2D eigenvalue weighted by atomic mass is 33.1. The van der Waals surface area contributed by atoms with Crippen molar-refractivity contribution in [3.05, 3.63) is 54.2 Å². The van der Waals surface area contributed by atoms with Gasteiger partial charge in [-0.25, -0.2) is 4.98 Å². The molecule has 522 valence electrons. The molecule has 2 bridgehead atoms. The summed E-state index contributed by atoms with van der Waals surface area (Å²) in [5, 5.41) is 50.3. The number of fused-ring (bicyclic) bond motifs is 7. The second kappa shape index (κ2) is 36.0. The number of nitrogens with two attached hydrogens (primary N) is 3. The molecule has 3 aliphatic rings. The summed E-state index contributed by atoms with van der Waals surface area (Å²) >= 11 is 0. The quantitative estimate of drug-likeness (QED) is 0.0308. The van der Waals surface area contributed by atoms with Crippen molar-refractivity contribution in [2.24, 2.45) is 22.2 Å². The van der Waals surface area contributed by atoms with E-state index in [1.807, 2.05) is 0 Å². The largest absolute Gasteiger partial charge is 0.481 e. The van der Waals surface area contributed by atoms with Crippen LogP contribution in [0.15, 0.2) is 48.0 Å². The Balaban J connectivity index is 1.41. The van der Waals surface area contributed by atoms with Crippen molar-refractivity contribution in [2.75, 3.05) is 37.7 Å². The molecule has 5 heterocycles. The third kappa shape index (κ3) is 22.3. The number of aliphatic hydroxyl groups is 1. The number of carboxylic acids is 1. The lowest BCUT2D eigenvalue weighted by molar-refractivity contribution is -0.142. The van der Waals surface area contributed by atoms with Crippen molar-refractivity contribution in [1.29, 1.82) is 0 Å². The first-order valence-corrected chi connectivity index (χ1v) is 33.0. The zero-order valence-corrected chi connectivity index (χ0v) is 54.1. The van der Waals surface area contributed by atoms with Crippen LogP contribution >= 0.6 is 21.6 Å². The molecule has 6 rings (SSSR count). The number of aromatic nitrogens is 3. The molecule has 96 heavy (non-hydrogen) atoms. The number of carboxylic acid groups (broad SMARTS) is 1. The Labute approximate surface area is 556 Å². The van der Waals surface area contributed by atoms with E-state index in [1.165, 1.54) is 38.2 Å². The van der Waals surface area contributed by atoms with Gasteiger partial charge in [-0.15, -0.1) is 0 Å². The number of aromatic amines is 2. The number of primary amides is 1. The number of H-pyrrole nitrogens is 2. The zero-order valence-electron chi connectivity index (χ0n) is 52.5. The maximum absolute atomic E-state index is 14.6. The van der Waals surface area contributed by atoms with Gasteiger partial charge in [0.2, 0.25) is 82.7 Å². The number of guanidine groups is 1. The van der Waals surface area contributed by atoms with Gasteiger partial charge in [0.05, 0.1) is 25.9 Å². The highest BCUT2D eigenvalue weighted by Gasteiger charge is 2.40. The van der Waals surface area contributed by atoms with Crippen molar-refractivity contribution >= 4 is 127 Å². The molecule has 3 aliphatic heterocycles. The Kier molecular flexibility index (Phi) is 28.1. The number of carbonyl (C=O) groups is 15. The molecule has 37 nitrogen and oxygen atoms in total. The summed E-state index contributed by atoms with van der Waals surface area (Å²) in [6, 6.07) is -12.3. The number of carbonyl (C=O) groups excluding carboxylic acids is 14. The SMILES string of the molecule is C[C@@H]1NC(=O)[C@H](Cc2cnc[nH]2)NC(=O)[C@H](CC(N)=O)NC(=O)[C@H](CCC(=O)O)NC(=O)[C@@H]2CSSC[C@H](NC(=O)[C@@H]3CCCN3C(=O)[C@H](C)NC1=O)C(=O)N[C@@H](C)C(=O)N[C@@H](CO)C(=O)N[C@@H](Cc1c[nH]c3ccccc13)C(=O)N[C@@H](CCCN=C(N)N)C(=O)NCC(=O)N2. The molecule has 0 radical (unpaired) electrons. The van der Waals surface area contributed by atoms with E-state index in [9.17, 15) is 82.1 Å². The zero-order chi connectivity index (χ0) is 70.3. The van der Waals surface area contributed by atoms with E-state index >= 15 is 0 Å². The molecule has 0 saturated carbocycles. The fourth-order valence-electron chi connectivity index (χ4n) is 10.2. The summed E-state index contributed by atoms with van der Waals surface area (Å²) in [5.74, 6) is -17.2. The number of rotatable bonds is 14. The molecular weight excluding hydrogens is 1300 g/mol. The van der Waals surface area contributed by atoms with Gasteiger partial charge in [-0.3, -0.25) is 76.9 Å². The van der Waals surface area contributed by atoms with Gasteiger partial charge >= 0.3 is 5.97 Å². The Morgan fingerprint density at radius 3 is 1.82 bits per heavy atom. The van der Waals surface area contributed by atoms with Crippen LogP contribution in [-0.2, 0) is 84.8 Å². The first kappa shape index (κ1) is 75.0. The lowest BCUT2D eigenvalue weighted by Crippen LogP contribution is -2.61. The number of aliphatic carboxylic acids is 1. The molecule has 3 aromatic rings. The van der Waals surface area contributed by atoms with E-state index in [4.69, 9.17) is 17.2 Å². The molecule has 0 unspecified atom stereocenters. The van der Waals surface area contributed by atoms with E-state index in [2.05, 4.69) is 83.7 Å².